The van der Waals surface area contributed by atoms with Gasteiger partial charge in [0.25, 0.3) is 0 Å². The summed E-state index contributed by atoms with van der Waals surface area (Å²) in [5.74, 6) is -0.127. The van der Waals surface area contributed by atoms with Gasteiger partial charge in [-0.2, -0.15) is 4.39 Å². The number of aryl methyl sites for hydroxylation is 1. The van der Waals surface area contributed by atoms with Gasteiger partial charge in [-0.3, -0.25) is 0 Å². The van der Waals surface area contributed by atoms with Crippen LogP contribution in [0.15, 0.2) is 12.3 Å². The first-order valence-corrected chi connectivity index (χ1v) is 3.74. The molecule has 1 aromatic heterocycles. The fraction of sp³-hybridized carbons (Fsp3) is 0.556. The van der Waals surface area contributed by atoms with Gasteiger partial charge in [-0.25, -0.2) is 0 Å². The molecule has 2 heteroatoms. The Hall–Kier alpha value is -0.790. The molecule has 0 N–H and O–H groups in total. The molecule has 1 heterocycles. The van der Waals surface area contributed by atoms with Crippen molar-refractivity contribution in [3.63, 3.8) is 0 Å². The summed E-state index contributed by atoms with van der Waals surface area (Å²) in [5, 5.41) is 0. The number of rotatable bonds is 0. The summed E-state index contributed by atoms with van der Waals surface area (Å²) in [6, 6.07) is 1.83. The molecule has 0 amide bonds. The lowest BCUT2D eigenvalue weighted by Gasteiger charge is -2.16. The van der Waals surface area contributed by atoms with Crippen molar-refractivity contribution in [1.29, 1.82) is 0 Å². The van der Waals surface area contributed by atoms with Crippen LogP contribution in [0.25, 0.3) is 0 Å². The van der Waals surface area contributed by atoms with Gasteiger partial charge in [0.2, 0.25) is 0 Å². The van der Waals surface area contributed by atoms with E-state index in [2.05, 4.69) is 0 Å². The normalized spacial score (nSPS) is 12.1. The number of nitrogens with zero attached hydrogens (tertiary/aromatic N) is 1. The summed E-state index contributed by atoms with van der Waals surface area (Å²) in [4.78, 5) is 0. The van der Waals surface area contributed by atoms with E-state index in [-0.39, 0.29) is 11.4 Å². The minimum Gasteiger partial charge on any atom is -0.328 e. The summed E-state index contributed by atoms with van der Waals surface area (Å²) in [5.41, 5.74) is 0.686. The molecule has 0 spiro atoms. The molecule has 0 radical (unpaired) electrons. The van der Waals surface area contributed by atoms with Crippen molar-refractivity contribution >= 4 is 0 Å². The Morgan fingerprint density at radius 1 is 1.36 bits per heavy atom. The maximum Gasteiger partial charge on any atom is 0.197 e. The van der Waals surface area contributed by atoms with Crippen molar-refractivity contribution in [1.82, 2.24) is 4.57 Å². The molecule has 0 aliphatic rings. The molecular weight excluding hydrogens is 141 g/mol. The summed E-state index contributed by atoms with van der Waals surface area (Å²) < 4.78 is 14.7. The first kappa shape index (κ1) is 8.31. The molecule has 0 bridgehead atoms. The van der Waals surface area contributed by atoms with E-state index in [9.17, 15) is 4.39 Å². The Bertz CT molecular complexity index is 255. The van der Waals surface area contributed by atoms with Crippen LogP contribution in [0.1, 0.15) is 26.3 Å². The maximum absolute atomic E-state index is 13.2. The molecule has 1 aromatic rings. The van der Waals surface area contributed by atoms with Crippen LogP contribution < -0.4 is 0 Å². The van der Waals surface area contributed by atoms with E-state index < -0.39 is 0 Å². The molecule has 0 unspecified atom stereocenters. The highest BCUT2D eigenvalue weighted by atomic mass is 19.1. The van der Waals surface area contributed by atoms with Gasteiger partial charge < -0.3 is 4.57 Å². The second-order valence-corrected chi connectivity index (χ2v) is 3.88. The third kappa shape index (κ3) is 1.44. The Labute approximate surface area is 66.8 Å². The Morgan fingerprint density at radius 3 is 2.09 bits per heavy atom. The van der Waals surface area contributed by atoms with E-state index in [0.717, 1.165) is 5.56 Å². The lowest BCUT2D eigenvalue weighted by atomic mass is 9.89. The second-order valence-electron chi connectivity index (χ2n) is 3.88. The lowest BCUT2D eigenvalue weighted by Crippen LogP contribution is -2.12. The van der Waals surface area contributed by atoms with E-state index in [1.54, 1.807) is 13.2 Å². The van der Waals surface area contributed by atoms with Gasteiger partial charge in [-0.05, 0) is 11.5 Å². The molecule has 11 heavy (non-hydrogen) atoms. The number of aromatic nitrogens is 1. The standard InChI is InChI=1S/C9H14FN/c1-9(2,3)7-5-6-11(4)8(7)10/h5-6H,1-4H3. The van der Waals surface area contributed by atoms with Crippen molar-refractivity contribution in [2.24, 2.45) is 7.05 Å². The minimum atomic E-state index is -0.127. The van der Waals surface area contributed by atoms with Crippen molar-refractivity contribution in [2.45, 2.75) is 26.2 Å². The van der Waals surface area contributed by atoms with Gasteiger partial charge in [0.05, 0.1) is 0 Å². The average molecular weight is 155 g/mol. The van der Waals surface area contributed by atoms with Crippen LogP contribution in [-0.2, 0) is 12.5 Å². The largest absolute Gasteiger partial charge is 0.328 e. The highest BCUT2D eigenvalue weighted by Gasteiger charge is 2.19. The molecule has 0 saturated heterocycles. The molecule has 62 valence electrons. The SMILES string of the molecule is Cn1ccc(C(C)(C)C)c1F. The van der Waals surface area contributed by atoms with Crippen LogP contribution in [0.3, 0.4) is 0 Å². The Balaban J connectivity index is 3.15. The molecule has 0 aromatic carbocycles. The molecule has 0 atom stereocenters. The predicted molar refractivity (Wildman–Crippen MR) is 44.1 cm³/mol. The minimum absolute atomic E-state index is 0.0919. The molecule has 1 rings (SSSR count). The summed E-state index contributed by atoms with van der Waals surface area (Å²) in [6.45, 7) is 6.02. The van der Waals surface area contributed by atoms with Gasteiger partial charge in [-0.1, -0.05) is 20.8 Å². The van der Waals surface area contributed by atoms with Gasteiger partial charge in [0, 0.05) is 18.8 Å². The Kier molecular flexibility index (Phi) is 1.78. The highest BCUT2D eigenvalue weighted by Crippen LogP contribution is 2.24. The zero-order valence-electron chi connectivity index (χ0n) is 7.48. The second kappa shape index (κ2) is 2.36. The fourth-order valence-electron chi connectivity index (χ4n) is 1.07. The van der Waals surface area contributed by atoms with E-state index in [0.29, 0.717) is 0 Å². The third-order valence-corrected chi connectivity index (χ3v) is 1.80. The summed E-state index contributed by atoms with van der Waals surface area (Å²) in [6.07, 6.45) is 1.75. The number of halogens is 1. The van der Waals surface area contributed by atoms with Crippen LogP contribution >= 0.6 is 0 Å². The van der Waals surface area contributed by atoms with Crippen molar-refractivity contribution in [3.8, 4) is 0 Å². The first-order valence-electron chi connectivity index (χ1n) is 3.74. The molecule has 0 fully saturated rings. The quantitative estimate of drug-likeness (QED) is 0.542. The van der Waals surface area contributed by atoms with E-state index in [1.807, 2.05) is 26.8 Å². The maximum atomic E-state index is 13.2. The zero-order chi connectivity index (χ0) is 8.65. The van der Waals surface area contributed by atoms with Crippen LogP contribution in [0.5, 0.6) is 0 Å². The molecule has 0 aliphatic carbocycles. The molecule has 0 saturated carbocycles. The van der Waals surface area contributed by atoms with Crippen LogP contribution in [0.4, 0.5) is 4.39 Å². The van der Waals surface area contributed by atoms with Crippen molar-refractivity contribution in [3.05, 3.63) is 23.8 Å². The van der Waals surface area contributed by atoms with Gasteiger partial charge in [-0.15, -0.1) is 0 Å². The van der Waals surface area contributed by atoms with Crippen molar-refractivity contribution in [2.75, 3.05) is 0 Å². The van der Waals surface area contributed by atoms with Gasteiger partial charge >= 0.3 is 0 Å². The zero-order valence-corrected chi connectivity index (χ0v) is 7.48. The summed E-state index contributed by atoms with van der Waals surface area (Å²) in [7, 11) is 1.71. The smallest absolute Gasteiger partial charge is 0.197 e. The average Bonchev–Trinajstić information content (AvgIpc) is 2.11. The monoisotopic (exact) mass is 155 g/mol. The number of hydrogen-bond donors (Lipinski definition) is 0. The predicted octanol–water partition coefficient (Wildman–Crippen LogP) is 2.46. The first-order chi connectivity index (χ1) is 4.93. The van der Waals surface area contributed by atoms with Gasteiger partial charge in [0.15, 0.2) is 5.95 Å². The highest BCUT2D eigenvalue weighted by molar-refractivity contribution is 5.21. The molecular formula is C9H14FN. The van der Waals surface area contributed by atoms with Crippen molar-refractivity contribution < 1.29 is 4.39 Å². The van der Waals surface area contributed by atoms with E-state index in [4.69, 9.17) is 0 Å². The van der Waals surface area contributed by atoms with E-state index in [1.165, 1.54) is 4.57 Å². The van der Waals surface area contributed by atoms with Gasteiger partial charge in [0.1, 0.15) is 0 Å². The lowest BCUT2D eigenvalue weighted by molar-refractivity contribution is 0.479. The third-order valence-electron chi connectivity index (χ3n) is 1.80. The molecule has 0 aliphatic heterocycles. The van der Waals surface area contributed by atoms with Crippen LogP contribution in [0.2, 0.25) is 0 Å². The summed E-state index contributed by atoms with van der Waals surface area (Å²) >= 11 is 0. The fourth-order valence-corrected chi connectivity index (χ4v) is 1.07. The topological polar surface area (TPSA) is 4.93 Å². The Morgan fingerprint density at radius 2 is 1.91 bits per heavy atom. The number of hydrogen-bond acceptors (Lipinski definition) is 0. The van der Waals surface area contributed by atoms with E-state index >= 15 is 0 Å². The van der Waals surface area contributed by atoms with Crippen LogP contribution in [0, 0.1) is 5.95 Å². The molecule has 1 nitrogen and oxygen atoms in total. The van der Waals surface area contributed by atoms with Crippen LogP contribution in [-0.4, -0.2) is 4.57 Å².